The van der Waals surface area contributed by atoms with E-state index >= 15 is 0 Å². The summed E-state index contributed by atoms with van der Waals surface area (Å²) in [5.41, 5.74) is 2.19. The smallest absolute Gasteiger partial charge is 0.308 e. The molecule has 0 heterocycles. The van der Waals surface area contributed by atoms with Crippen LogP contribution in [-0.4, -0.2) is 12.8 Å². The van der Waals surface area contributed by atoms with Gasteiger partial charge in [0.05, 0.1) is 6.61 Å². The molecular formula is C21H20O3. The Hall–Kier alpha value is -2.65. The largest absolute Gasteiger partial charge is 0.438 e. The average molecular weight is 320 g/mol. The molecule has 3 nitrogen and oxygen atoms in total. The van der Waals surface area contributed by atoms with Crippen molar-refractivity contribution in [2.45, 2.75) is 19.4 Å². The van der Waals surface area contributed by atoms with Crippen molar-refractivity contribution in [3.8, 4) is 0 Å². The number of rotatable bonds is 7. The maximum atomic E-state index is 11.7. The van der Waals surface area contributed by atoms with E-state index in [1.54, 1.807) is 0 Å². The lowest BCUT2D eigenvalue weighted by Crippen LogP contribution is -2.09. The lowest BCUT2D eigenvalue weighted by Gasteiger charge is -2.07. The van der Waals surface area contributed by atoms with Gasteiger partial charge in [0.15, 0.2) is 6.79 Å². The van der Waals surface area contributed by atoms with E-state index in [0.29, 0.717) is 19.4 Å². The Morgan fingerprint density at radius 1 is 0.792 bits per heavy atom. The highest BCUT2D eigenvalue weighted by molar-refractivity contribution is 5.82. The lowest BCUT2D eigenvalue weighted by molar-refractivity contribution is -0.157. The highest BCUT2D eigenvalue weighted by Crippen LogP contribution is 2.16. The molecular weight excluding hydrogens is 300 g/mol. The molecule has 3 aromatic rings. The van der Waals surface area contributed by atoms with Gasteiger partial charge in [-0.1, -0.05) is 66.7 Å². The molecule has 0 aromatic heterocycles. The number of carbonyl (C=O) groups is 1. The standard InChI is InChI=1S/C21H20O3/c22-21(13-11-17-6-2-1-3-7-17)24-16-23-15-18-10-12-19-8-4-5-9-20(19)14-18/h1-10,12,14H,11,13,15-16H2. The molecule has 0 atom stereocenters. The minimum Gasteiger partial charge on any atom is -0.438 e. The molecule has 0 aliphatic rings. The molecule has 0 radical (unpaired) electrons. The summed E-state index contributed by atoms with van der Waals surface area (Å²) in [5.74, 6) is -0.239. The highest BCUT2D eigenvalue weighted by atomic mass is 16.7. The first-order valence-corrected chi connectivity index (χ1v) is 8.06. The molecule has 0 saturated heterocycles. The number of fused-ring (bicyclic) bond motifs is 1. The van der Waals surface area contributed by atoms with Crippen molar-refractivity contribution in [1.82, 2.24) is 0 Å². The van der Waals surface area contributed by atoms with Crippen molar-refractivity contribution in [3.63, 3.8) is 0 Å². The average Bonchev–Trinajstić information content (AvgIpc) is 2.64. The van der Waals surface area contributed by atoms with Crippen LogP contribution in [0.1, 0.15) is 17.5 Å². The second-order valence-electron chi connectivity index (χ2n) is 5.65. The van der Waals surface area contributed by atoms with Gasteiger partial charge in [0.2, 0.25) is 0 Å². The molecule has 3 heteroatoms. The summed E-state index contributed by atoms with van der Waals surface area (Å²) in [7, 11) is 0. The molecule has 0 aliphatic carbocycles. The topological polar surface area (TPSA) is 35.5 Å². The van der Waals surface area contributed by atoms with Crippen LogP contribution in [0.3, 0.4) is 0 Å². The summed E-state index contributed by atoms with van der Waals surface area (Å²) in [6.45, 7) is 0.414. The number of ether oxygens (including phenoxy) is 2. The molecule has 0 N–H and O–H groups in total. The van der Waals surface area contributed by atoms with Crippen molar-refractivity contribution in [1.29, 1.82) is 0 Å². The summed E-state index contributed by atoms with van der Waals surface area (Å²) in [6, 6.07) is 24.3. The molecule has 0 bridgehead atoms. The van der Waals surface area contributed by atoms with E-state index in [1.807, 2.05) is 48.5 Å². The number of carbonyl (C=O) groups excluding carboxylic acids is 1. The van der Waals surface area contributed by atoms with Gasteiger partial charge in [-0.25, -0.2) is 0 Å². The molecule has 3 aromatic carbocycles. The predicted molar refractivity (Wildman–Crippen MR) is 94.5 cm³/mol. The van der Waals surface area contributed by atoms with Crippen molar-refractivity contribution in [2.24, 2.45) is 0 Å². The number of hydrogen-bond acceptors (Lipinski definition) is 3. The molecule has 0 aliphatic heterocycles. The second kappa shape index (κ2) is 8.27. The highest BCUT2D eigenvalue weighted by Gasteiger charge is 2.04. The molecule has 24 heavy (non-hydrogen) atoms. The van der Waals surface area contributed by atoms with Gasteiger partial charge in [-0.2, -0.15) is 0 Å². The molecule has 3 rings (SSSR count). The van der Waals surface area contributed by atoms with E-state index in [9.17, 15) is 4.79 Å². The molecule has 0 spiro atoms. The zero-order valence-corrected chi connectivity index (χ0v) is 13.5. The maximum absolute atomic E-state index is 11.7. The van der Waals surface area contributed by atoms with Gasteiger partial charge < -0.3 is 9.47 Å². The first-order chi connectivity index (χ1) is 11.8. The van der Waals surface area contributed by atoms with Gasteiger partial charge in [0.25, 0.3) is 0 Å². The quantitative estimate of drug-likeness (QED) is 0.365. The fourth-order valence-electron chi connectivity index (χ4n) is 2.56. The Morgan fingerprint density at radius 3 is 2.38 bits per heavy atom. The molecule has 0 saturated carbocycles. The van der Waals surface area contributed by atoms with Crippen molar-refractivity contribution in [3.05, 3.63) is 83.9 Å². The van der Waals surface area contributed by atoms with Gasteiger partial charge in [-0.05, 0) is 34.4 Å². The fraction of sp³-hybridized carbons (Fsp3) is 0.190. The van der Waals surface area contributed by atoms with Crippen molar-refractivity contribution < 1.29 is 14.3 Å². The minimum absolute atomic E-state index is 0.0134. The van der Waals surface area contributed by atoms with Gasteiger partial charge in [0.1, 0.15) is 0 Å². The zero-order valence-electron chi connectivity index (χ0n) is 13.5. The Morgan fingerprint density at radius 2 is 1.54 bits per heavy atom. The minimum atomic E-state index is -0.239. The number of esters is 1. The molecule has 0 unspecified atom stereocenters. The third-order valence-electron chi connectivity index (χ3n) is 3.85. The Labute approximate surface area is 141 Å². The molecule has 0 fully saturated rings. The van der Waals surface area contributed by atoms with Crippen LogP contribution in [0, 0.1) is 0 Å². The van der Waals surface area contributed by atoms with E-state index in [4.69, 9.17) is 9.47 Å². The van der Waals surface area contributed by atoms with Crippen molar-refractivity contribution >= 4 is 16.7 Å². The first kappa shape index (κ1) is 16.2. The summed E-state index contributed by atoms with van der Waals surface area (Å²) in [4.78, 5) is 11.7. The number of hydrogen-bond donors (Lipinski definition) is 0. The van der Waals surface area contributed by atoms with Crippen LogP contribution in [0.5, 0.6) is 0 Å². The van der Waals surface area contributed by atoms with E-state index in [1.165, 1.54) is 10.8 Å². The van der Waals surface area contributed by atoms with Crippen LogP contribution in [0.2, 0.25) is 0 Å². The first-order valence-electron chi connectivity index (χ1n) is 8.06. The number of benzene rings is 3. The van der Waals surface area contributed by atoms with Crippen LogP contribution in [0.25, 0.3) is 10.8 Å². The Bertz CT molecular complexity index is 796. The van der Waals surface area contributed by atoms with Gasteiger partial charge in [0, 0.05) is 6.42 Å². The monoisotopic (exact) mass is 320 g/mol. The fourth-order valence-corrected chi connectivity index (χ4v) is 2.56. The van der Waals surface area contributed by atoms with Crippen LogP contribution in [0.4, 0.5) is 0 Å². The Kier molecular flexibility index (Phi) is 5.59. The van der Waals surface area contributed by atoms with Gasteiger partial charge in [-0.15, -0.1) is 0 Å². The predicted octanol–water partition coefficient (Wildman–Crippen LogP) is 4.49. The number of aryl methyl sites for hydroxylation is 1. The molecule has 122 valence electrons. The van der Waals surface area contributed by atoms with Crippen LogP contribution in [0.15, 0.2) is 72.8 Å². The lowest BCUT2D eigenvalue weighted by atomic mass is 10.1. The summed E-state index contributed by atoms with van der Waals surface area (Å²) in [6.07, 6.45) is 1.05. The third kappa shape index (κ3) is 4.67. The van der Waals surface area contributed by atoms with Crippen molar-refractivity contribution in [2.75, 3.05) is 6.79 Å². The summed E-state index contributed by atoms with van der Waals surface area (Å²) >= 11 is 0. The SMILES string of the molecule is O=C(CCc1ccccc1)OCOCc1ccc2ccccc2c1. The summed E-state index contributed by atoms with van der Waals surface area (Å²) < 4.78 is 10.6. The van der Waals surface area contributed by atoms with Gasteiger partial charge >= 0.3 is 5.97 Å². The van der Waals surface area contributed by atoms with E-state index in [2.05, 4.69) is 24.3 Å². The van der Waals surface area contributed by atoms with Gasteiger partial charge in [-0.3, -0.25) is 4.79 Å². The van der Waals surface area contributed by atoms with Crippen LogP contribution in [-0.2, 0) is 27.3 Å². The van der Waals surface area contributed by atoms with E-state index < -0.39 is 0 Å². The van der Waals surface area contributed by atoms with Crippen LogP contribution < -0.4 is 0 Å². The third-order valence-corrected chi connectivity index (χ3v) is 3.85. The summed E-state index contributed by atoms with van der Waals surface area (Å²) in [5, 5.41) is 2.38. The van der Waals surface area contributed by atoms with E-state index in [-0.39, 0.29) is 12.8 Å². The molecule has 0 amide bonds. The van der Waals surface area contributed by atoms with Crippen LogP contribution >= 0.6 is 0 Å². The Balaban J connectivity index is 1.39. The van der Waals surface area contributed by atoms with E-state index in [0.717, 1.165) is 11.1 Å². The zero-order chi connectivity index (χ0) is 16.6. The second-order valence-corrected chi connectivity index (χ2v) is 5.65. The maximum Gasteiger partial charge on any atom is 0.308 e. The normalized spacial score (nSPS) is 10.7.